The maximum atomic E-state index is 3.55. The minimum Gasteiger partial charge on any atom is -0.294 e. The van der Waals surface area contributed by atoms with Gasteiger partial charge >= 0.3 is 0 Å². The summed E-state index contributed by atoms with van der Waals surface area (Å²) < 4.78 is 0. The van der Waals surface area contributed by atoms with Gasteiger partial charge in [-0.15, -0.1) is 0 Å². The van der Waals surface area contributed by atoms with Crippen LogP contribution in [0.2, 0.25) is 0 Å². The first-order chi connectivity index (χ1) is 48.8. The van der Waals surface area contributed by atoms with Crippen molar-refractivity contribution in [1.29, 1.82) is 0 Å². The van der Waals surface area contributed by atoms with E-state index in [4.69, 9.17) is 0 Å². The SMILES string of the molecule is CC1CCC(C(=CC2CCC(N(C3CCC(C=C(C4CCC(C)CC4)C4CCC(C)CC4)CC3)C3CCC(N(C4CCC(C=C(C5CCC(C)CC5)C5CCC(C)CC5)CC4)C4CCC(C=C(C5CCC(C)CC5)C5CCC(C)CC5)CC4)C4CCCCC43)CC2)C2CCC(C)CC2)CC1. The summed E-state index contributed by atoms with van der Waals surface area (Å²) in [7, 11) is 0. The Hall–Kier alpha value is -1.12. The fourth-order valence-corrected chi connectivity index (χ4v) is 27.9. The van der Waals surface area contributed by atoms with E-state index in [2.05, 4.69) is 89.5 Å². The molecule has 14 aliphatic carbocycles. The smallest absolute Gasteiger partial charge is 0.0133 e. The summed E-state index contributed by atoms with van der Waals surface area (Å²) >= 11 is 0. The van der Waals surface area contributed by atoms with Crippen LogP contribution >= 0.6 is 0 Å². The van der Waals surface area contributed by atoms with E-state index in [0.29, 0.717) is 0 Å². The summed E-state index contributed by atoms with van der Waals surface area (Å²) in [5.41, 5.74) is 8.05. The van der Waals surface area contributed by atoms with Crippen molar-refractivity contribution in [3.63, 3.8) is 0 Å². The van der Waals surface area contributed by atoms with E-state index in [1.807, 2.05) is 22.3 Å². The van der Waals surface area contributed by atoms with Gasteiger partial charge in [-0.25, -0.2) is 0 Å². The van der Waals surface area contributed by atoms with Crippen molar-refractivity contribution in [3.05, 3.63) is 46.6 Å². The van der Waals surface area contributed by atoms with Crippen molar-refractivity contribution in [2.75, 3.05) is 0 Å². The summed E-state index contributed by atoms with van der Waals surface area (Å²) in [6.07, 6.45) is 92.6. The van der Waals surface area contributed by atoms with Gasteiger partial charge in [0, 0.05) is 36.3 Å². The van der Waals surface area contributed by atoms with E-state index < -0.39 is 0 Å². The second kappa shape index (κ2) is 36.4. The van der Waals surface area contributed by atoms with Crippen LogP contribution in [-0.2, 0) is 0 Å². The van der Waals surface area contributed by atoms with Crippen LogP contribution in [0.3, 0.4) is 0 Å². The molecule has 0 aromatic rings. The van der Waals surface area contributed by atoms with Crippen molar-refractivity contribution in [2.45, 2.75) is 438 Å². The third kappa shape index (κ3) is 19.3. The number of rotatable bonds is 18. The Morgan fingerprint density at radius 1 is 0.180 bits per heavy atom. The number of fused-ring (bicyclic) bond motifs is 1. The van der Waals surface area contributed by atoms with E-state index in [0.717, 1.165) is 166 Å². The second-order valence-electron chi connectivity index (χ2n) is 41.8. The highest BCUT2D eigenvalue weighted by molar-refractivity contribution is 5.21. The molecule has 0 radical (unpaired) electrons. The maximum Gasteiger partial charge on any atom is 0.0133 e. The van der Waals surface area contributed by atoms with Crippen molar-refractivity contribution in [1.82, 2.24) is 9.80 Å². The molecule has 0 aromatic carbocycles. The summed E-state index contributed by atoms with van der Waals surface area (Å²) in [6, 6.07) is 4.88. The molecule has 0 amide bonds. The molecule has 0 saturated heterocycles. The second-order valence-corrected chi connectivity index (χ2v) is 41.8. The molecule has 4 atom stereocenters. The van der Waals surface area contributed by atoms with Crippen molar-refractivity contribution in [3.8, 4) is 0 Å². The normalized spacial score (nSPS) is 45.0. The van der Waals surface area contributed by atoms with Crippen LogP contribution in [0, 0.1) is 130 Å². The highest BCUT2D eigenvalue weighted by Crippen LogP contribution is 2.54. The molecule has 0 aliphatic heterocycles. The summed E-state index contributed by atoms with van der Waals surface area (Å²) in [6.45, 7) is 20.5. The van der Waals surface area contributed by atoms with Crippen LogP contribution in [-0.4, -0.2) is 46.1 Å². The molecular formula is C98H164N2. The maximum absolute atomic E-state index is 3.55. The van der Waals surface area contributed by atoms with Crippen LogP contribution in [0.15, 0.2) is 46.6 Å². The topological polar surface area (TPSA) is 6.48 Å². The number of allylic oxidation sites excluding steroid dienone is 8. The first-order valence-corrected chi connectivity index (χ1v) is 47.2. The Bertz CT molecular complexity index is 2090. The monoisotopic (exact) mass is 1370 g/mol. The molecule has 2 nitrogen and oxygen atoms in total. The van der Waals surface area contributed by atoms with Crippen molar-refractivity contribution < 1.29 is 0 Å². The zero-order valence-corrected chi connectivity index (χ0v) is 67.6. The lowest BCUT2D eigenvalue weighted by Crippen LogP contribution is -2.62. The molecule has 2 heteroatoms. The van der Waals surface area contributed by atoms with Gasteiger partial charge in [0.05, 0.1) is 0 Å². The molecule has 566 valence electrons. The number of hydrogen-bond acceptors (Lipinski definition) is 2. The van der Waals surface area contributed by atoms with Gasteiger partial charge in [-0.2, -0.15) is 0 Å². The van der Waals surface area contributed by atoms with Gasteiger partial charge in [0.2, 0.25) is 0 Å². The Morgan fingerprint density at radius 3 is 0.500 bits per heavy atom. The van der Waals surface area contributed by atoms with E-state index >= 15 is 0 Å². The van der Waals surface area contributed by atoms with E-state index in [1.165, 1.54) is 334 Å². The van der Waals surface area contributed by atoms with Crippen LogP contribution in [0.25, 0.3) is 0 Å². The molecule has 0 heterocycles. The third-order valence-electron chi connectivity index (χ3n) is 34.7. The van der Waals surface area contributed by atoms with Crippen LogP contribution in [0.1, 0.15) is 402 Å². The zero-order chi connectivity index (χ0) is 68.6. The quantitative estimate of drug-likeness (QED) is 0.126. The Labute approximate surface area is 621 Å². The molecule has 100 heavy (non-hydrogen) atoms. The first kappa shape index (κ1) is 75.7. The van der Waals surface area contributed by atoms with Gasteiger partial charge in [-0.3, -0.25) is 9.80 Å². The van der Waals surface area contributed by atoms with Crippen molar-refractivity contribution in [2.24, 2.45) is 130 Å². The molecular weight excluding hydrogens is 1210 g/mol. The lowest BCUT2D eigenvalue weighted by Gasteiger charge is -2.59. The standard InChI is InChI=1S/C98H164N2/c1-67-13-37-79(38-14-67)93(80-39-15-68(2)16-40-80)63-75-29-53-87(54-30-75)99(88-55-31-76(32-56-88)64-94(81-41-17-69(3)18-42-81)82-43-19-70(4)20-44-82)97-61-62-98(92-12-10-9-11-91(92)97)100(89-57-33-77(34-58-89)65-95(83-45-21-71(5)22-46-83)84-47-23-72(6)24-48-84)90-59-35-78(36-60-90)66-96(85-49-25-73(7)26-50-85)86-51-27-74(8)28-52-86/h63-92,97-98H,9-62H2,1-8H3. The van der Waals surface area contributed by atoms with E-state index in [-0.39, 0.29) is 0 Å². The van der Waals surface area contributed by atoms with Crippen molar-refractivity contribution >= 4 is 0 Å². The number of nitrogens with zero attached hydrogens (tertiary/aromatic N) is 2. The predicted octanol–water partition coefficient (Wildman–Crippen LogP) is 28.5. The molecule has 4 unspecified atom stereocenters. The Morgan fingerprint density at radius 2 is 0.340 bits per heavy atom. The molecule has 0 N–H and O–H groups in total. The van der Waals surface area contributed by atoms with Gasteiger partial charge in [0.15, 0.2) is 0 Å². The third-order valence-corrected chi connectivity index (χ3v) is 34.7. The molecule has 14 rings (SSSR count). The average molecular weight is 1370 g/mol. The zero-order valence-electron chi connectivity index (χ0n) is 67.6. The fourth-order valence-electron chi connectivity index (χ4n) is 27.9. The van der Waals surface area contributed by atoms with Gasteiger partial charge < -0.3 is 0 Å². The molecule has 0 spiro atoms. The summed E-state index contributed by atoms with van der Waals surface area (Å²) in [5.74, 6) is 19.8. The van der Waals surface area contributed by atoms with Gasteiger partial charge in [0.1, 0.15) is 0 Å². The lowest BCUT2D eigenvalue weighted by molar-refractivity contribution is -0.0877. The summed E-state index contributed by atoms with van der Waals surface area (Å²) in [5, 5.41) is 0. The Kier molecular flexibility index (Phi) is 27.5. The molecule has 0 bridgehead atoms. The fraction of sp³-hybridized carbons (Fsp3) is 0.918. The van der Waals surface area contributed by atoms with E-state index in [9.17, 15) is 0 Å². The van der Waals surface area contributed by atoms with Crippen LogP contribution in [0.4, 0.5) is 0 Å². The molecule has 0 aromatic heterocycles. The van der Waals surface area contributed by atoms with Crippen LogP contribution < -0.4 is 0 Å². The van der Waals surface area contributed by atoms with Gasteiger partial charge in [-0.1, -0.05) is 218 Å². The van der Waals surface area contributed by atoms with E-state index in [1.54, 1.807) is 12.8 Å². The molecule has 14 saturated carbocycles. The summed E-state index contributed by atoms with van der Waals surface area (Å²) in [4.78, 5) is 7.09. The Balaban J connectivity index is 0.737. The average Bonchev–Trinajstić information content (AvgIpc) is 0.753. The number of hydrogen-bond donors (Lipinski definition) is 0. The highest BCUT2D eigenvalue weighted by atomic mass is 15.3. The molecule has 14 fully saturated rings. The van der Waals surface area contributed by atoms with Crippen LogP contribution in [0.5, 0.6) is 0 Å². The predicted molar refractivity (Wildman–Crippen MR) is 430 cm³/mol. The van der Waals surface area contributed by atoms with Gasteiger partial charge in [-0.05, 0) is 361 Å². The molecule has 14 aliphatic rings. The first-order valence-electron chi connectivity index (χ1n) is 47.2. The minimum absolute atomic E-state index is 0.810. The minimum atomic E-state index is 0.810. The highest BCUT2D eigenvalue weighted by Gasteiger charge is 2.51. The lowest BCUT2D eigenvalue weighted by atomic mass is 9.63. The largest absolute Gasteiger partial charge is 0.294 e. The van der Waals surface area contributed by atoms with Gasteiger partial charge in [0.25, 0.3) is 0 Å².